The summed E-state index contributed by atoms with van der Waals surface area (Å²) < 4.78 is 2.16. The third-order valence-electron chi connectivity index (χ3n) is 2.81. The Morgan fingerprint density at radius 2 is 1.93 bits per heavy atom. The van der Waals surface area contributed by atoms with E-state index in [-0.39, 0.29) is 0 Å². The topological polar surface area (TPSA) is 3.88 Å². The van der Waals surface area contributed by atoms with Crippen LogP contribution in [0.5, 0.6) is 0 Å². The van der Waals surface area contributed by atoms with Crippen LogP contribution in [0, 0.1) is 0 Å². The fourth-order valence-electron chi connectivity index (χ4n) is 2.04. The third-order valence-corrected chi connectivity index (χ3v) is 2.81. The normalized spacial score (nSPS) is 10.8. The highest BCUT2D eigenvalue weighted by atomic mass is 14.9. The van der Waals surface area contributed by atoms with Gasteiger partial charge in [0.25, 0.3) is 0 Å². The van der Waals surface area contributed by atoms with Crippen molar-refractivity contribution in [2.45, 2.75) is 26.2 Å². The van der Waals surface area contributed by atoms with Crippen molar-refractivity contribution in [1.29, 1.82) is 0 Å². The van der Waals surface area contributed by atoms with Crippen molar-refractivity contribution in [2.24, 2.45) is 7.05 Å². The molecule has 2 aromatic rings. The molecule has 0 N–H and O–H groups in total. The van der Waals surface area contributed by atoms with E-state index < -0.39 is 0 Å². The molecule has 1 nitrogen and oxygen atoms in total. The van der Waals surface area contributed by atoms with Crippen molar-refractivity contribution in [1.82, 2.24) is 0 Å². The summed E-state index contributed by atoms with van der Waals surface area (Å²) in [7, 11) is 2.10. The third kappa shape index (κ3) is 2.17. The molecule has 0 amide bonds. The Balaban J connectivity index is 2.50. The average molecular weight is 200 g/mol. The molecule has 1 heterocycles. The highest BCUT2D eigenvalue weighted by Gasteiger charge is 2.06. The molecule has 0 aliphatic carbocycles. The SMILES string of the molecule is CCCCc1c[n+](C)cc2ccccc12. The van der Waals surface area contributed by atoms with E-state index in [2.05, 4.69) is 55.2 Å². The standard InChI is InChI=1S/C14H18N/c1-3-4-7-12-10-15(2)11-13-8-5-6-9-14(12)13/h5-6,8-11H,3-4,7H2,1-2H3/q+1. The quantitative estimate of drug-likeness (QED) is 0.671. The van der Waals surface area contributed by atoms with Crippen LogP contribution in [0.4, 0.5) is 0 Å². The van der Waals surface area contributed by atoms with Gasteiger partial charge >= 0.3 is 0 Å². The van der Waals surface area contributed by atoms with E-state index >= 15 is 0 Å². The van der Waals surface area contributed by atoms with Crippen LogP contribution in [0.25, 0.3) is 10.8 Å². The molecule has 0 aliphatic rings. The molecule has 0 atom stereocenters. The fourth-order valence-corrected chi connectivity index (χ4v) is 2.04. The first-order valence-corrected chi connectivity index (χ1v) is 5.68. The Hall–Kier alpha value is -1.37. The number of fused-ring (bicyclic) bond motifs is 1. The minimum absolute atomic E-state index is 1.19. The van der Waals surface area contributed by atoms with Gasteiger partial charge in [-0.1, -0.05) is 31.5 Å². The lowest BCUT2D eigenvalue weighted by molar-refractivity contribution is -0.670. The van der Waals surface area contributed by atoms with Gasteiger partial charge < -0.3 is 0 Å². The summed E-state index contributed by atoms with van der Waals surface area (Å²) in [6, 6.07) is 8.63. The van der Waals surface area contributed by atoms with Crippen LogP contribution in [-0.4, -0.2) is 0 Å². The molecular formula is C14H18N+. The van der Waals surface area contributed by atoms with Gasteiger partial charge in [-0.3, -0.25) is 0 Å². The number of nitrogens with zero attached hydrogens (tertiary/aromatic N) is 1. The van der Waals surface area contributed by atoms with Crippen molar-refractivity contribution in [3.63, 3.8) is 0 Å². The lowest BCUT2D eigenvalue weighted by atomic mass is 10.0. The van der Waals surface area contributed by atoms with Crippen LogP contribution in [-0.2, 0) is 13.5 Å². The molecule has 78 valence electrons. The van der Waals surface area contributed by atoms with Crippen LogP contribution in [0.1, 0.15) is 25.3 Å². The predicted octanol–water partition coefficient (Wildman–Crippen LogP) is 3.01. The minimum Gasteiger partial charge on any atom is -0.207 e. The maximum atomic E-state index is 2.25. The largest absolute Gasteiger partial charge is 0.207 e. The number of hydrogen-bond acceptors (Lipinski definition) is 0. The molecule has 1 aromatic carbocycles. The van der Waals surface area contributed by atoms with Crippen LogP contribution < -0.4 is 4.57 Å². The van der Waals surface area contributed by atoms with E-state index in [4.69, 9.17) is 0 Å². The molecule has 0 aliphatic heterocycles. The summed E-state index contributed by atoms with van der Waals surface area (Å²) in [6.45, 7) is 2.24. The Morgan fingerprint density at radius 3 is 2.73 bits per heavy atom. The monoisotopic (exact) mass is 200 g/mol. The van der Waals surface area contributed by atoms with Gasteiger partial charge in [-0.15, -0.1) is 0 Å². The van der Waals surface area contributed by atoms with Gasteiger partial charge in [0, 0.05) is 10.9 Å². The maximum Gasteiger partial charge on any atom is 0.176 e. The van der Waals surface area contributed by atoms with Gasteiger partial charge in [0.05, 0.1) is 0 Å². The molecule has 15 heavy (non-hydrogen) atoms. The van der Waals surface area contributed by atoms with E-state index in [9.17, 15) is 0 Å². The first-order valence-electron chi connectivity index (χ1n) is 5.68. The van der Waals surface area contributed by atoms with Gasteiger partial charge in [-0.2, -0.15) is 0 Å². The summed E-state index contributed by atoms with van der Waals surface area (Å²) >= 11 is 0. The number of aryl methyl sites for hydroxylation is 2. The molecule has 0 bridgehead atoms. The smallest absolute Gasteiger partial charge is 0.176 e. The zero-order valence-electron chi connectivity index (χ0n) is 9.53. The lowest BCUT2D eigenvalue weighted by Crippen LogP contribution is -2.27. The van der Waals surface area contributed by atoms with E-state index in [0.29, 0.717) is 0 Å². The second kappa shape index (κ2) is 4.43. The van der Waals surface area contributed by atoms with E-state index in [1.807, 2.05) is 0 Å². The number of rotatable bonds is 3. The van der Waals surface area contributed by atoms with Crippen molar-refractivity contribution < 1.29 is 4.57 Å². The van der Waals surface area contributed by atoms with Gasteiger partial charge in [0.15, 0.2) is 12.4 Å². The van der Waals surface area contributed by atoms with Crippen molar-refractivity contribution in [3.8, 4) is 0 Å². The summed E-state index contributed by atoms with van der Waals surface area (Å²) in [6.07, 6.45) is 8.15. The second-order valence-electron chi connectivity index (χ2n) is 4.14. The molecule has 0 fully saturated rings. The highest BCUT2D eigenvalue weighted by Crippen LogP contribution is 2.17. The lowest BCUT2D eigenvalue weighted by Gasteiger charge is -2.03. The molecule has 1 heteroatoms. The first kappa shape index (κ1) is 10.2. The van der Waals surface area contributed by atoms with Crippen molar-refractivity contribution in [3.05, 3.63) is 42.2 Å². The molecule has 0 unspecified atom stereocenters. The van der Waals surface area contributed by atoms with Gasteiger partial charge in [0.1, 0.15) is 7.05 Å². The van der Waals surface area contributed by atoms with Gasteiger partial charge in [-0.05, 0) is 24.3 Å². The van der Waals surface area contributed by atoms with Crippen LogP contribution in [0.2, 0.25) is 0 Å². The molecular weight excluding hydrogens is 182 g/mol. The second-order valence-corrected chi connectivity index (χ2v) is 4.14. The first-order chi connectivity index (χ1) is 7.31. The predicted molar refractivity (Wildman–Crippen MR) is 63.7 cm³/mol. The van der Waals surface area contributed by atoms with Crippen LogP contribution in [0.15, 0.2) is 36.7 Å². The molecule has 0 saturated heterocycles. The summed E-state index contributed by atoms with van der Waals surface area (Å²) in [4.78, 5) is 0. The zero-order chi connectivity index (χ0) is 10.7. The van der Waals surface area contributed by atoms with Crippen molar-refractivity contribution >= 4 is 10.8 Å². The number of hydrogen-bond donors (Lipinski definition) is 0. The molecule has 0 radical (unpaired) electrons. The van der Waals surface area contributed by atoms with E-state index in [0.717, 1.165) is 0 Å². The molecule has 0 saturated carbocycles. The van der Waals surface area contributed by atoms with Crippen molar-refractivity contribution in [2.75, 3.05) is 0 Å². The van der Waals surface area contributed by atoms with Crippen LogP contribution in [0.3, 0.4) is 0 Å². The number of aromatic nitrogens is 1. The van der Waals surface area contributed by atoms with Gasteiger partial charge in [0.2, 0.25) is 0 Å². The van der Waals surface area contributed by atoms with Crippen LogP contribution >= 0.6 is 0 Å². The molecule has 1 aromatic heterocycles. The van der Waals surface area contributed by atoms with E-state index in [1.54, 1.807) is 0 Å². The summed E-state index contributed by atoms with van der Waals surface area (Å²) in [5.74, 6) is 0. The molecule has 2 rings (SSSR count). The van der Waals surface area contributed by atoms with Gasteiger partial charge in [-0.25, -0.2) is 4.57 Å². The summed E-state index contributed by atoms with van der Waals surface area (Å²) in [5, 5.41) is 2.75. The van der Waals surface area contributed by atoms with E-state index in [1.165, 1.54) is 35.6 Å². The number of unbranched alkanes of at least 4 members (excludes halogenated alkanes) is 1. The Kier molecular flexibility index (Phi) is 3.00. The Labute approximate surface area is 91.4 Å². The Bertz CT molecular complexity index is 460. The number of pyridine rings is 1. The highest BCUT2D eigenvalue weighted by molar-refractivity contribution is 5.83. The minimum atomic E-state index is 1.19. The summed E-state index contributed by atoms with van der Waals surface area (Å²) in [5.41, 5.74) is 1.47. The zero-order valence-corrected chi connectivity index (χ0v) is 9.53. The molecule has 0 spiro atoms. The average Bonchev–Trinajstić information content (AvgIpc) is 2.25. The fraction of sp³-hybridized carbons (Fsp3) is 0.357. The number of benzene rings is 1. The maximum absolute atomic E-state index is 2.25. The Morgan fingerprint density at radius 1 is 1.13 bits per heavy atom.